The van der Waals surface area contributed by atoms with E-state index in [1.165, 1.54) is 11.0 Å². The third kappa shape index (κ3) is 2.53. The molecule has 4 heteroatoms. The lowest BCUT2D eigenvalue weighted by atomic mass is 10.2. The van der Waals surface area contributed by atoms with Crippen molar-refractivity contribution in [2.24, 2.45) is 0 Å². The fraction of sp³-hybridized carbons (Fsp3) is 0.231. The Labute approximate surface area is 99.2 Å². The van der Waals surface area contributed by atoms with Gasteiger partial charge < -0.3 is 10.0 Å². The van der Waals surface area contributed by atoms with Crippen molar-refractivity contribution in [2.75, 3.05) is 6.54 Å². The van der Waals surface area contributed by atoms with Crippen molar-refractivity contribution in [1.82, 2.24) is 4.90 Å². The summed E-state index contributed by atoms with van der Waals surface area (Å²) in [5.41, 5.74) is 0.836. The second-order valence-corrected chi connectivity index (χ2v) is 3.89. The summed E-state index contributed by atoms with van der Waals surface area (Å²) in [6, 6.07) is 9.14. The standard InChI is InChI=1S/C13H13NO3/c15-12-7-4-8-14(12)11(13(16)17)9-10-5-2-1-3-6-10/h1-3,5-6,9H,4,7-8H2,(H,16,17)/b11-9-. The van der Waals surface area contributed by atoms with E-state index in [1.54, 1.807) is 0 Å². The van der Waals surface area contributed by atoms with Gasteiger partial charge in [-0.1, -0.05) is 30.3 Å². The number of rotatable bonds is 3. The van der Waals surface area contributed by atoms with Crippen LogP contribution in [0.15, 0.2) is 36.0 Å². The summed E-state index contributed by atoms with van der Waals surface area (Å²) in [6.45, 7) is 0.490. The van der Waals surface area contributed by atoms with Crippen LogP contribution in [0, 0.1) is 0 Å². The second-order valence-electron chi connectivity index (χ2n) is 3.89. The number of carboxylic acids is 1. The van der Waals surface area contributed by atoms with E-state index in [2.05, 4.69) is 0 Å². The van der Waals surface area contributed by atoms with E-state index < -0.39 is 5.97 Å². The Morgan fingerprint density at radius 1 is 1.29 bits per heavy atom. The molecule has 4 nitrogen and oxygen atoms in total. The first-order chi connectivity index (χ1) is 8.18. The molecule has 0 atom stereocenters. The van der Waals surface area contributed by atoms with Crippen LogP contribution < -0.4 is 0 Å². The molecule has 17 heavy (non-hydrogen) atoms. The zero-order valence-corrected chi connectivity index (χ0v) is 9.30. The first-order valence-corrected chi connectivity index (χ1v) is 5.49. The highest BCUT2D eigenvalue weighted by molar-refractivity contribution is 5.97. The highest BCUT2D eigenvalue weighted by Crippen LogP contribution is 2.19. The average molecular weight is 231 g/mol. The van der Waals surface area contributed by atoms with Crippen molar-refractivity contribution < 1.29 is 14.7 Å². The highest BCUT2D eigenvalue weighted by Gasteiger charge is 2.27. The molecule has 88 valence electrons. The highest BCUT2D eigenvalue weighted by atomic mass is 16.4. The summed E-state index contributed by atoms with van der Waals surface area (Å²) in [5.74, 6) is -1.18. The lowest BCUT2D eigenvalue weighted by Crippen LogP contribution is -2.28. The molecule has 0 aromatic heterocycles. The lowest BCUT2D eigenvalue weighted by Gasteiger charge is -2.16. The van der Waals surface area contributed by atoms with Crippen molar-refractivity contribution in [2.45, 2.75) is 12.8 Å². The van der Waals surface area contributed by atoms with E-state index in [0.717, 1.165) is 12.0 Å². The van der Waals surface area contributed by atoms with Crippen molar-refractivity contribution in [3.63, 3.8) is 0 Å². The number of hydrogen-bond donors (Lipinski definition) is 1. The van der Waals surface area contributed by atoms with Gasteiger partial charge in [0, 0.05) is 13.0 Å². The molecule has 1 N–H and O–H groups in total. The zero-order chi connectivity index (χ0) is 12.3. The van der Waals surface area contributed by atoms with Gasteiger partial charge in [0.1, 0.15) is 5.70 Å². The molecule has 1 heterocycles. The van der Waals surface area contributed by atoms with E-state index in [4.69, 9.17) is 5.11 Å². The predicted molar refractivity (Wildman–Crippen MR) is 63.0 cm³/mol. The largest absolute Gasteiger partial charge is 0.477 e. The van der Waals surface area contributed by atoms with Gasteiger partial charge in [-0.3, -0.25) is 4.79 Å². The number of aliphatic carboxylic acids is 1. The molecule has 1 amide bonds. The van der Waals surface area contributed by atoms with Gasteiger partial charge in [0.2, 0.25) is 5.91 Å². The predicted octanol–water partition coefficient (Wildman–Crippen LogP) is 1.73. The first-order valence-electron chi connectivity index (χ1n) is 5.49. The van der Waals surface area contributed by atoms with Crippen LogP contribution in [0.25, 0.3) is 6.08 Å². The third-order valence-electron chi connectivity index (χ3n) is 2.69. The maximum absolute atomic E-state index is 11.5. The molecular weight excluding hydrogens is 218 g/mol. The number of nitrogens with zero attached hydrogens (tertiary/aromatic N) is 1. The van der Waals surface area contributed by atoms with Crippen LogP contribution in [0.5, 0.6) is 0 Å². The second kappa shape index (κ2) is 4.82. The van der Waals surface area contributed by atoms with Crippen LogP contribution in [-0.2, 0) is 9.59 Å². The van der Waals surface area contributed by atoms with Crippen molar-refractivity contribution in [1.29, 1.82) is 0 Å². The van der Waals surface area contributed by atoms with Gasteiger partial charge in [-0.25, -0.2) is 4.79 Å². The number of carbonyl (C=O) groups excluding carboxylic acids is 1. The van der Waals surface area contributed by atoms with E-state index >= 15 is 0 Å². The van der Waals surface area contributed by atoms with E-state index in [0.29, 0.717) is 13.0 Å². The number of carbonyl (C=O) groups is 2. The number of amides is 1. The monoisotopic (exact) mass is 231 g/mol. The SMILES string of the molecule is O=C(O)/C(=C/c1ccccc1)N1CCCC1=O. The molecule has 0 unspecified atom stereocenters. The Morgan fingerprint density at radius 2 is 2.00 bits per heavy atom. The fourth-order valence-electron chi connectivity index (χ4n) is 1.87. The summed E-state index contributed by atoms with van der Waals surface area (Å²) in [4.78, 5) is 24.0. The van der Waals surface area contributed by atoms with Crippen LogP contribution in [0.2, 0.25) is 0 Å². The molecule has 1 aliphatic rings. The van der Waals surface area contributed by atoms with Crippen LogP contribution >= 0.6 is 0 Å². The minimum absolute atomic E-state index is 0.0544. The Kier molecular flexibility index (Phi) is 3.23. The lowest BCUT2D eigenvalue weighted by molar-refractivity contribution is -0.138. The number of carboxylic acid groups (broad SMARTS) is 1. The van der Waals surface area contributed by atoms with Gasteiger partial charge in [-0.15, -0.1) is 0 Å². The molecule has 1 aliphatic heterocycles. The van der Waals surface area contributed by atoms with Crippen molar-refractivity contribution in [3.05, 3.63) is 41.6 Å². The Bertz CT molecular complexity index is 465. The molecule has 0 aliphatic carbocycles. The molecule has 0 bridgehead atoms. The maximum Gasteiger partial charge on any atom is 0.352 e. The van der Waals surface area contributed by atoms with Crippen LogP contribution in [-0.4, -0.2) is 28.4 Å². The van der Waals surface area contributed by atoms with Gasteiger partial charge in [0.25, 0.3) is 0 Å². The summed E-state index contributed by atoms with van der Waals surface area (Å²) in [7, 11) is 0. The number of likely N-dealkylation sites (tertiary alicyclic amines) is 1. The van der Waals surface area contributed by atoms with Crippen molar-refractivity contribution >= 4 is 18.0 Å². The average Bonchev–Trinajstić information content (AvgIpc) is 2.73. The van der Waals surface area contributed by atoms with Crippen molar-refractivity contribution in [3.8, 4) is 0 Å². The van der Waals surface area contributed by atoms with Crippen LogP contribution in [0.4, 0.5) is 0 Å². The minimum Gasteiger partial charge on any atom is -0.477 e. The molecule has 1 saturated heterocycles. The quantitative estimate of drug-likeness (QED) is 0.806. The Hall–Kier alpha value is -2.10. The van der Waals surface area contributed by atoms with Crippen LogP contribution in [0.1, 0.15) is 18.4 Å². The van der Waals surface area contributed by atoms with E-state index in [1.807, 2.05) is 30.3 Å². The maximum atomic E-state index is 11.5. The minimum atomic E-state index is -1.07. The first kappa shape index (κ1) is 11.4. The van der Waals surface area contributed by atoms with Gasteiger partial charge in [-0.05, 0) is 18.1 Å². The molecule has 0 spiro atoms. The third-order valence-corrected chi connectivity index (χ3v) is 2.69. The fourth-order valence-corrected chi connectivity index (χ4v) is 1.87. The summed E-state index contributed by atoms with van der Waals surface area (Å²) < 4.78 is 0. The molecule has 1 aromatic rings. The van der Waals surface area contributed by atoms with Gasteiger partial charge >= 0.3 is 5.97 Å². The van der Waals surface area contributed by atoms with E-state index in [-0.39, 0.29) is 11.6 Å². The number of benzene rings is 1. The zero-order valence-electron chi connectivity index (χ0n) is 9.30. The van der Waals surface area contributed by atoms with Crippen LogP contribution in [0.3, 0.4) is 0 Å². The Balaban J connectivity index is 2.32. The van der Waals surface area contributed by atoms with Gasteiger partial charge in [0.15, 0.2) is 0 Å². The van der Waals surface area contributed by atoms with Gasteiger partial charge in [0.05, 0.1) is 0 Å². The molecule has 2 rings (SSSR count). The normalized spacial score (nSPS) is 16.4. The van der Waals surface area contributed by atoms with E-state index in [9.17, 15) is 9.59 Å². The summed E-state index contributed by atoms with van der Waals surface area (Å²) >= 11 is 0. The summed E-state index contributed by atoms with van der Waals surface area (Å²) in [5, 5.41) is 9.15. The number of hydrogen-bond acceptors (Lipinski definition) is 2. The molecule has 1 fully saturated rings. The topological polar surface area (TPSA) is 57.6 Å². The molecule has 0 saturated carbocycles. The Morgan fingerprint density at radius 3 is 2.53 bits per heavy atom. The van der Waals surface area contributed by atoms with Gasteiger partial charge in [-0.2, -0.15) is 0 Å². The smallest absolute Gasteiger partial charge is 0.352 e. The molecule has 0 radical (unpaired) electrons. The molecular formula is C13H13NO3. The summed E-state index contributed by atoms with van der Waals surface area (Å²) in [6.07, 6.45) is 2.68. The molecule has 1 aromatic carbocycles.